The van der Waals surface area contributed by atoms with Gasteiger partial charge in [0.05, 0.1) is 5.60 Å². The van der Waals surface area contributed by atoms with Crippen molar-refractivity contribution in [3.63, 3.8) is 0 Å². The smallest absolute Gasteiger partial charge is 0.220 e. The summed E-state index contributed by atoms with van der Waals surface area (Å²) in [6, 6.07) is 0. The molecular weight excluding hydrogens is 178 g/mol. The van der Waals surface area contributed by atoms with Crippen LogP contribution in [0.25, 0.3) is 0 Å². The van der Waals surface area contributed by atoms with E-state index in [0.717, 1.165) is 32.3 Å². The summed E-state index contributed by atoms with van der Waals surface area (Å²) in [6.45, 7) is 0.904. The van der Waals surface area contributed by atoms with Gasteiger partial charge < -0.3 is 10.5 Å². The van der Waals surface area contributed by atoms with E-state index in [1.54, 1.807) is 0 Å². The SMILES string of the molecule is NC(=O)C1CCC2(CCCCO2)CC1. The predicted octanol–water partition coefficient (Wildman–Crippen LogP) is 1.60. The summed E-state index contributed by atoms with van der Waals surface area (Å²) >= 11 is 0. The molecule has 2 fully saturated rings. The summed E-state index contributed by atoms with van der Waals surface area (Å²) in [6.07, 6.45) is 7.56. The second-order valence-corrected chi connectivity index (χ2v) is 4.67. The standard InChI is InChI=1S/C11H19NO2/c12-10(13)9-3-6-11(7-4-9)5-1-2-8-14-11/h9H,1-8H2,(H2,12,13). The molecule has 1 spiro atoms. The van der Waals surface area contributed by atoms with Gasteiger partial charge >= 0.3 is 0 Å². The number of ether oxygens (including phenoxy) is 1. The Hall–Kier alpha value is -0.570. The van der Waals surface area contributed by atoms with Gasteiger partial charge in [-0.3, -0.25) is 4.79 Å². The summed E-state index contributed by atoms with van der Waals surface area (Å²) < 4.78 is 5.88. The first-order valence-electron chi connectivity index (χ1n) is 5.65. The largest absolute Gasteiger partial charge is 0.375 e. The average molecular weight is 197 g/mol. The highest BCUT2D eigenvalue weighted by Crippen LogP contribution is 2.40. The maximum absolute atomic E-state index is 11.0. The molecule has 1 aliphatic carbocycles. The molecule has 0 bridgehead atoms. The molecular formula is C11H19NO2. The van der Waals surface area contributed by atoms with Gasteiger partial charge in [-0.05, 0) is 44.9 Å². The van der Waals surface area contributed by atoms with Crippen molar-refractivity contribution in [3.8, 4) is 0 Å². The second kappa shape index (κ2) is 3.89. The van der Waals surface area contributed by atoms with E-state index in [4.69, 9.17) is 10.5 Å². The monoisotopic (exact) mass is 197 g/mol. The van der Waals surface area contributed by atoms with Crippen LogP contribution in [-0.4, -0.2) is 18.1 Å². The molecule has 1 amide bonds. The number of carbonyl (C=O) groups excluding carboxylic acids is 1. The lowest BCUT2D eigenvalue weighted by Crippen LogP contribution is -2.42. The van der Waals surface area contributed by atoms with E-state index in [1.807, 2.05) is 0 Å². The van der Waals surface area contributed by atoms with Crippen LogP contribution in [0.2, 0.25) is 0 Å². The fourth-order valence-corrected chi connectivity index (χ4v) is 2.73. The number of amides is 1. The quantitative estimate of drug-likeness (QED) is 0.694. The Morgan fingerprint density at radius 1 is 1.21 bits per heavy atom. The highest BCUT2D eigenvalue weighted by atomic mass is 16.5. The van der Waals surface area contributed by atoms with Crippen molar-refractivity contribution in [1.82, 2.24) is 0 Å². The van der Waals surface area contributed by atoms with Gasteiger partial charge in [0.25, 0.3) is 0 Å². The van der Waals surface area contributed by atoms with Crippen molar-refractivity contribution in [2.24, 2.45) is 11.7 Å². The molecule has 1 aliphatic heterocycles. The lowest BCUT2D eigenvalue weighted by molar-refractivity contribution is -0.131. The molecule has 1 saturated carbocycles. The van der Waals surface area contributed by atoms with Crippen LogP contribution >= 0.6 is 0 Å². The highest BCUT2D eigenvalue weighted by molar-refractivity contribution is 5.76. The number of nitrogens with two attached hydrogens (primary N) is 1. The minimum absolute atomic E-state index is 0.103. The molecule has 3 nitrogen and oxygen atoms in total. The van der Waals surface area contributed by atoms with Crippen LogP contribution in [-0.2, 0) is 9.53 Å². The Morgan fingerprint density at radius 2 is 1.93 bits per heavy atom. The average Bonchev–Trinajstić information content (AvgIpc) is 2.19. The fourth-order valence-electron chi connectivity index (χ4n) is 2.73. The number of carbonyl (C=O) groups is 1. The summed E-state index contributed by atoms with van der Waals surface area (Å²) in [4.78, 5) is 11.0. The van der Waals surface area contributed by atoms with Crippen molar-refractivity contribution in [2.45, 2.75) is 50.5 Å². The fraction of sp³-hybridized carbons (Fsp3) is 0.909. The lowest BCUT2D eigenvalue weighted by atomic mass is 9.75. The molecule has 0 unspecified atom stereocenters. The number of hydrogen-bond acceptors (Lipinski definition) is 2. The molecule has 2 rings (SSSR count). The van der Waals surface area contributed by atoms with E-state index >= 15 is 0 Å². The third-order valence-corrected chi connectivity index (χ3v) is 3.73. The van der Waals surface area contributed by atoms with E-state index in [0.29, 0.717) is 0 Å². The minimum atomic E-state index is -0.129. The lowest BCUT2D eigenvalue weighted by Gasteiger charge is -2.42. The molecule has 2 aliphatic rings. The highest BCUT2D eigenvalue weighted by Gasteiger charge is 2.38. The van der Waals surface area contributed by atoms with Crippen molar-refractivity contribution in [3.05, 3.63) is 0 Å². The first kappa shape index (κ1) is 9.97. The Bertz CT molecular complexity index is 211. The molecule has 80 valence electrons. The zero-order chi connectivity index (χ0) is 10.0. The van der Waals surface area contributed by atoms with Crippen molar-refractivity contribution < 1.29 is 9.53 Å². The van der Waals surface area contributed by atoms with E-state index < -0.39 is 0 Å². The van der Waals surface area contributed by atoms with Gasteiger partial charge in [-0.25, -0.2) is 0 Å². The number of hydrogen-bond donors (Lipinski definition) is 1. The van der Waals surface area contributed by atoms with Gasteiger partial charge in [0.15, 0.2) is 0 Å². The van der Waals surface area contributed by atoms with Crippen LogP contribution in [0.4, 0.5) is 0 Å². The topological polar surface area (TPSA) is 52.3 Å². The second-order valence-electron chi connectivity index (χ2n) is 4.67. The normalized spacial score (nSPS) is 38.4. The third kappa shape index (κ3) is 1.92. The molecule has 1 heterocycles. The number of primary amides is 1. The molecule has 0 aromatic rings. The summed E-state index contributed by atoms with van der Waals surface area (Å²) in [5.41, 5.74) is 5.42. The molecule has 2 N–H and O–H groups in total. The van der Waals surface area contributed by atoms with Gasteiger partial charge in [0.2, 0.25) is 5.91 Å². The maximum atomic E-state index is 11.0. The van der Waals surface area contributed by atoms with Crippen LogP contribution in [0.15, 0.2) is 0 Å². The first-order chi connectivity index (χ1) is 6.72. The molecule has 0 atom stereocenters. The summed E-state index contributed by atoms with van der Waals surface area (Å²) in [5, 5.41) is 0. The van der Waals surface area contributed by atoms with E-state index in [1.165, 1.54) is 19.3 Å². The van der Waals surface area contributed by atoms with Gasteiger partial charge in [-0.1, -0.05) is 0 Å². The third-order valence-electron chi connectivity index (χ3n) is 3.73. The van der Waals surface area contributed by atoms with Gasteiger partial charge in [0.1, 0.15) is 0 Å². The van der Waals surface area contributed by atoms with E-state index in [9.17, 15) is 4.79 Å². The first-order valence-corrected chi connectivity index (χ1v) is 5.65. The molecule has 1 saturated heterocycles. The van der Waals surface area contributed by atoms with Crippen LogP contribution in [0.1, 0.15) is 44.9 Å². The van der Waals surface area contributed by atoms with Crippen molar-refractivity contribution >= 4 is 5.91 Å². The zero-order valence-electron chi connectivity index (χ0n) is 8.63. The Morgan fingerprint density at radius 3 is 2.43 bits per heavy atom. The van der Waals surface area contributed by atoms with E-state index in [2.05, 4.69) is 0 Å². The van der Waals surface area contributed by atoms with E-state index in [-0.39, 0.29) is 17.4 Å². The minimum Gasteiger partial charge on any atom is -0.375 e. The van der Waals surface area contributed by atoms with Gasteiger partial charge in [-0.2, -0.15) is 0 Å². The van der Waals surface area contributed by atoms with Crippen LogP contribution < -0.4 is 5.73 Å². The van der Waals surface area contributed by atoms with Crippen LogP contribution in [0, 0.1) is 5.92 Å². The van der Waals surface area contributed by atoms with Crippen molar-refractivity contribution in [2.75, 3.05) is 6.61 Å². The number of rotatable bonds is 1. The molecule has 0 radical (unpaired) electrons. The Kier molecular flexibility index (Phi) is 2.77. The maximum Gasteiger partial charge on any atom is 0.220 e. The van der Waals surface area contributed by atoms with Crippen LogP contribution in [0.3, 0.4) is 0 Å². The molecule has 0 aromatic carbocycles. The Balaban J connectivity index is 1.90. The summed E-state index contributed by atoms with van der Waals surface area (Å²) in [7, 11) is 0. The van der Waals surface area contributed by atoms with Crippen LogP contribution in [0.5, 0.6) is 0 Å². The molecule has 0 aromatic heterocycles. The molecule has 3 heteroatoms. The predicted molar refractivity (Wildman–Crippen MR) is 53.7 cm³/mol. The van der Waals surface area contributed by atoms with Gasteiger partial charge in [-0.15, -0.1) is 0 Å². The molecule has 14 heavy (non-hydrogen) atoms. The Labute approximate surface area is 85.0 Å². The summed E-state index contributed by atoms with van der Waals surface area (Å²) in [5.74, 6) is -0.0261. The van der Waals surface area contributed by atoms with Gasteiger partial charge in [0, 0.05) is 12.5 Å². The van der Waals surface area contributed by atoms with Crippen molar-refractivity contribution in [1.29, 1.82) is 0 Å². The zero-order valence-corrected chi connectivity index (χ0v) is 8.63.